The van der Waals surface area contributed by atoms with Gasteiger partial charge in [0.05, 0.1) is 12.3 Å². The molecule has 174 valence electrons. The number of alkyl halides is 2. The summed E-state index contributed by atoms with van der Waals surface area (Å²) in [6, 6.07) is 4.52. The molecule has 1 aromatic carbocycles. The summed E-state index contributed by atoms with van der Waals surface area (Å²) in [5.41, 5.74) is -0.0754. The van der Waals surface area contributed by atoms with Gasteiger partial charge in [-0.2, -0.15) is 8.78 Å². The van der Waals surface area contributed by atoms with E-state index in [2.05, 4.69) is 20.4 Å². The maximum Gasteiger partial charge on any atom is 0.387 e. The van der Waals surface area contributed by atoms with Crippen molar-refractivity contribution >= 4 is 11.8 Å². The molecule has 1 fully saturated rings. The minimum absolute atomic E-state index is 0.0239. The van der Waals surface area contributed by atoms with Crippen LogP contribution in [0.3, 0.4) is 0 Å². The number of benzene rings is 1. The molecule has 1 saturated heterocycles. The molecule has 0 radical (unpaired) electrons. The van der Waals surface area contributed by atoms with Gasteiger partial charge in [0.1, 0.15) is 23.5 Å². The molecular formula is C21H27F2N5O4. The third-order valence-corrected chi connectivity index (χ3v) is 5.32. The number of aliphatic hydroxyl groups is 1. The van der Waals surface area contributed by atoms with Gasteiger partial charge in [-0.3, -0.25) is 9.59 Å². The fourth-order valence-electron chi connectivity index (χ4n) is 3.91. The molecule has 9 nitrogen and oxygen atoms in total. The van der Waals surface area contributed by atoms with Gasteiger partial charge in [-0.25, -0.2) is 4.68 Å². The molecule has 1 aliphatic heterocycles. The van der Waals surface area contributed by atoms with Gasteiger partial charge < -0.3 is 20.1 Å². The fourth-order valence-corrected chi connectivity index (χ4v) is 3.91. The van der Waals surface area contributed by atoms with Gasteiger partial charge in [0, 0.05) is 25.6 Å². The summed E-state index contributed by atoms with van der Waals surface area (Å²) in [6.45, 7) is 2.54. The number of β-amino-alcohol motifs (C(OH)–C–C–N with tert-alkyl or cyclic N) is 1. The normalized spacial score (nSPS) is 19.8. The number of rotatable bonds is 6. The van der Waals surface area contributed by atoms with Crippen LogP contribution in [-0.4, -0.2) is 69.2 Å². The van der Waals surface area contributed by atoms with Crippen molar-refractivity contribution in [1.29, 1.82) is 0 Å². The zero-order valence-electron chi connectivity index (χ0n) is 18.3. The number of para-hydroxylation sites is 1. The number of nitrogens with one attached hydrogen (secondary N) is 1. The topological polar surface area (TPSA) is 110 Å². The molecule has 11 heteroatoms. The van der Waals surface area contributed by atoms with E-state index in [0.29, 0.717) is 5.56 Å². The van der Waals surface area contributed by atoms with Crippen LogP contribution < -0.4 is 10.1 Å². The summed E-state index contributed by atoms with van der Waals surface area (Å²) in [5, 5.41) is 20.8. The Hall–Kier alpha value is -3.08. The first-order valence-electron chi connectivity index (χ1n) is 10.2. The van der Waals surface area contributed by atoms with Crippen LogP contribution in [-0.2, 0) is 9.59 Å². The van der Waals surface area contributed by atoms with E-state index < -0.39 is 36.1 Å². The van der Waals surface area contributed by atoms with Gasteiger partial charge in [0.15, 0.2) is 0 Å². The van der Waals surface area contributed by atoms with Crippen LogP contribution in [0.2, 0.25) is 0 Å². The van der Waals surface area contributed by atoms with Crippen LogP contribution in [0.1, 0.15) is 33.2 Å². The Morgan fingerprint density at radius 1 is 1.28 bits per heavy atom. The van der Waals surface area contributed by atoms with Crippen LogP contribution in [0, 0.1) is 5.41 Å². The highest BCUT2D eigenvalue weighted by Gasteiger charge is 2.45. The first-order valence-corrected chi connectivity index (χ1v) is 10.2. The fraction of sp³-hybridized carbons (Fsp3) is 0.524. The second-order valence-corrected chi connectivity index (χ2v) is 8.74. The van der Waals surface area contributed by atoms with Crippen LogP contribution >= 0.6 is 0 Å². The second kappa shape index (κ2) is 9.19. The number of carbonyl (C=O) groups excluding carboxylic acids is 2. The first-order chi connectivity index (χ1) is 15.0. The van der Waals surface area contributed by atoms with Gasteiger partial charge in [-0.15, -0.1) is 5.10 Å². The molecule has 32 heavy (non-hydrogen) atoms. The number of carbonyl (C=O) groups is 2. The minimum atomic E-state index is -3.00. The summed E-state index contributed by atoms with van der Waals surface area (Å²) in [7, 11) is 1.47. The van der Waals surface area contributed by atoms with Gasteiger partial charge in [-0.05, 0) is 17.5 Å². The van der Waals surface area contributed by atoms with E-state index in [9.17, 15) is 23.5 Å². The first kappa shape index (κ1) is 23.6. The molecule has 2 N–H and O–H groups in total. The Balaban J connectivity index is 1.97. The Bertz CT molecular complexity index is 975. The molecule has 1 aliphatic rings. The highest BCUT2D eigenvalue weighted by molar-refractivity contribution is 5.90. The SMILES string of the molecule is CNC(=O)C1CC(O)CN1C(=O)[C@@H](n1cc(-c2ccccc2OC(F)F)nn1)C(C)(C)C. The maximum absolute atomic E-state index is 13.5. The standard InChI is InChI=1S/C21H27F2N5O4/c1-21(2,3)17(19(31)27-10-12(29)9-15(27)18(30)24-4)28-11-14(25-26-28)13-7-5-6-8-16(13)32-20(22)23/h5-8,11-12,15,17,20,29H,9-10H2,1-4H3,(H,24,30)/t12?,15?,17-/m1/s1. The van der Waals surface area contributed by atoms with Crippen LogP contribution in [0.5, 0.6) is 5.75 Å². The number of aromatic nitrogens is 3. The molecule has 0 bridgehead atoms. The Morgan fingerprint density at radius 3 is 2.59 bits per heavy atom. The summed E-state index contributed by atoms with van der Waals surface area (Å²) in [6.07, 6.45) is 0.818. The molecule has 3 rings (SSSR count). The lowest BCUT2D eigenvalue weighted by molar-refractivity contribution is -0.144. The van der Waals surface area contributed by atoms with Gasteiger partial charge >= 0.3 is 6.61 Å². The Labute approximate surface area is 184 Å². The molecule has 3 atom stereocenters. The number of likely N-dealkylation sites (tertiary alicyclic amines) is 1. The van der Waals surface area contributed by atoms with E-state index in [4.69, 9.17) is 0 Å². The van der Waals surface area contributed by atoms with Gasteiger partial charge in [0.2, 0.25) is 11.8 Å². The molecule has 2 heterocycles. The summed E-state index contributed by atoms with van der Waals surface area (Å²) in [5.74, 6) is -0.813. The average Bonchev–Trinajstić information content (AvgIpc) is 3.33. The highest BCUT2D eigenvalue weighted by atomic mass is 19.3. The number of ether oxygens (including phenoxy) is 1. The van der Waals surface area contributed by atoms with E-state index in [1.165, 1.54) is 28.9 Å². The second-order valence-electron chi connectivity index (χ2n) is 8.74. The smallest absolute Gasteiger partial charge is 0.387 e. The summed E-state index contributed by atoms with van der Waals surface area (Å²) < 4.78 is 31.5. The number of halogens is 2. The maximum atomic E-state index is 13.5. The van der Waals surface area contributed by atoms with Crippen molar-refractivity contribution in [3.05, 3.63) is 30.5 Å². The third kappa shape index (κ3) is 4.87. The van der Waals surface area contributed by atoms with E-state index in [0.717, 1.165) is 0 Å². The quantitative estimate of drug-likeness (QED) is 0.694. The molecule has 0 saturated carbocycles. The van der Waals surface area contributed by atoms with Crippen molar-refractivity contribution in [2.75, 3.05) is 13.6 Å². The number of aliphatic hydroxyl groups excluding tert-OH is 1. The van der Waals surface area contributed by atoms with Crippen LogP contribution in [0.25, 0.3) is 11.3 Å². The number of amides is 2. The molecular weight excluding hydrogens is 424 g/mol. The highest BCUT2D eigenvalue weighted by Crippen LogP contribution is 2.36. The zero-order chi connectivity index (χ0) is 23.6. The van der Waals surface area contributed by atoms with Crippen molar-refractivity contribution < 1.29 is 28.2 Å². The van der Waals surface area contributed by atoms with E-state index in [-0.39, 0.29) is 30.3 Å². The van der Waals surface area contributed by atoms with Crippen molar-refractivity contribution in [2.24, 2.45) is 5.41 Å². The van der Waals surface area contributed by atoms with Gasteiger partial charge in [-0.1, -0.05) is 38.1 Å². The molecule has 1 aromatic heterocycles. The monoisotopic (exact) mass is 451 g/mol. The van der Waals surface area contributed by atoms with E-state index in [1.54, 1.807) is 18.2 Å². The lowest BCUT2D eigenvalue weighted by atomic mass is 9.85. The predicted molar refractivity (Wildman–Crippen MR) is 111 cm³/mol. The number of hydrogen-bond acceptors (Lipinski definition) is 6. The van der Waals surface area contributed by atoms with Crippen LogP contribution in [0.4, 0.5) is 8.78 Å². The van der Waals surface area contributed by atoms with E-state index in [1.807, 2.05) is 20.8 Å². The lowest BCUT2D eigenvalue weighted by Gasteiger charge is -2.34. The van der Waals surface area contributed by atoms with E-state index >= 15 is 0 Å². The molecule has 2 aromatic rings. The number of nitrogens with zero attached hydrogens (tertiary/aromatic N) is 4. The summed E-state index contributed by atoms with van der Waals surface area (Å²) >= 11 is 0. The average molecular weight is 451 g/mol. The zero-order valence-corrected chi connectivity index (χ0v) is 18.3. The van der Waals surface area contributed by atoms with Crippen molar-refractivity contribution in [3.8, 4) is 17.0 Å². The number of likely N-dealkylation sites (N-methyl/N-ethyl adjacent to an activating group) is 1. The predicted octanol–water partition coefficient (Wildman–Crippen LogP) is 1.84. The lowest BCUT2D eigenvalue weighted by Crippen LogP contribution is -2.49. The molecule has 2 unspecified atom stereocenters. The summed E-state index contributed by atoms with van der Waals surface area (Å²) in [4.78, 5) is 27.2. The Kier molecular flexibility index (Phi) is 6.77. The number of hydrogen-bond donors (Lipinski definition) is 2. The molecule has 0 spiro atoms. The van der Waals surface area contributed by atoms with Gasteiger partial charge in [0.25, 0.3) is 0 Å². The van der Waals surface area contributed by atoms with Crippen molar-refractivity contribution in [3.63, 3.8) is 0 Å². The largest absolute Gasteiger partial charge is 0.434 e. The minimum Gasteiger partial charge on any atom is -0.434 e. The van der Waals surface area contributed by atoms with Crippen molar-refractivity contribution in [2.45, 2.75) is 52.0 Å². The third-order valence-electron chi connectivity index (χ3n) is 5.32. The van der Waals surface area contributed by atoms with Crippen molar-refractivity contribution in [1.82, 2.24) is 25.2 Å². The molecule has 0 aliphatic carbocycles. The van der Waals surface area contributed by atoms with Crippen LogP contribution in [0.15, 0.2) is 30.5 Å². The molecule has 2 amide bonds. The Morgan fingerprint density at radius 2 is 1.97 bits per heavy atom.